The lowest BCUT2D eigenvalue weighted by atomic mass is 9.89. The van der Waals surface area contributed by atoms with E-state index in [2.05, 4.69) is 97.3 Å². The summed E-state index contributed by atoms with van der Waals surface area (Å²) in [5, 5.41) is 14.0. The molecule has 0 aliphatic rings. The first kappa shape index (κ1) is 24.2. The lowest BCUT2D eigenvalue weighted by molar-refractivity contribution is 0.669. The fourth-order valence-corrected chi connectivity index (χ4v) is 6.52. The zero-order chi connectivity index (χ0) is 28.4. The van der Waals surface area contributed by atoms with Gasteiger partial charge in [0.25, 0.3) is 0 Å². The van der Waals surface area contributed by atoms with Crippen molar-refractivity contribution in [1.82, 2.24) is 9.55 Å². The summed E-state index contributed by atoms with van der Waals surface area (Å²) in [4.78, 5) is 4.80. The number of nitriles is 1. The summed E-state index contributed by atoms with van der Waals surface area (Å²) in [6.07, 6.45) is 1.86. The molecule has 0 unspecified atom stereocenters. The van der Waals surface area contributed by atoms with Gasteiger partial charge in [0, 0.05) is 33.3 Å². The molecule has 0 spiro atoms. The summed E-state index contributed by atoms with van der Waals surface area (Å²) < 4.78 is 8.48. The molecule has 0 radical (unpaired) electrons. The monoisotopic (exact) mass is 539 g/mol. The van der Waals surface area contributed by atoms with Crippen LogP contribution in [-0.4, -0.2) is 9.55 Å². The molecule has 0 saturated heterocycles. The van der Waals surface area contributed by atoms with Crippen molar-refractivity contribution in [1.29, 1.82) is 5.26 Å². The molecule has 3 heterocycles. The molecule has 4 heteroatoms. The maximum absolute atomic E-state index is 9.65. The third-order valence-electron chi connectivity index (χ3n) is 8.47. The molecule has 0 aliphatic carbocycles. The van der Waals surface area contributed by atoms with E-state index in [0.29, 0.717) is 5.56 Å². The lowest BCUT2D eigenvalue weighted by Gasteiger charge is -2.21. The number of hydrogen-bond donors (Lipinski definition) is 0. The van der Waals surface area contributed by atoms with Gasteiger partial charge < -0.3 is 8.98 Å². The standard InChI is InChI=1S/C38H25N3O/c1-23-29(26-15-17-37-31(20-26)28-10-4-6-13-36(28)42-37)21-35(24(2)38(23)32-11-7-8-18-40-32)41-33-12-5-3-9-27(33)30-19-25(22-39)14-16-34(30)41/h3-21H,1-2H3. The van der Waals surface area contributed by atoms with Crippen molar-refractivity contribution in [2.75, 3.05) is 0 Å². The average Bonchev–Trinajstić information content (AvgIpc) is 3.57. The Labute approximate surface area is 242 Å². The van der Waals surface area contributed by atoms with Gasteiger partial charge in [-0.15, -0.1) is 0 Å². The first-order valence-electron chi connectivity index (χ1n) is 14.0. The Morgan fingerprint density at radius 1 is 0.667 bits per heavy atom. The highest BCUT2D eigenvalue weighted by molar-refractivity contribution is 6.10. The Morgan fingerprint density at radius 2 is 1.43 bits per heavy atom. The minimum absolute atomic E-state index is 0.654. The predicted molar refractivity (Wildman–Crippen MR) is 171 cm³/mol. The summed E-state index contributed by atoms with van der Waals surface area (Å²) in [5.41, 5.74) is 12.3. The van der Waals surface area contributed by atoms with Crippen LogP contribution in [0.1, 0.15) is 16.7 Å². The van der Waals surface area contributed by atoms with Gasteiger partial charge in [0.1, 0.15) is 11.2 Å². The highest BCUT2D eigenvalue weighted by Gasteiger charge is 2.21. The van der Waals surface area contributed by atoms with Crippen LogP contribution in [0, 0.1) is 25.2 Å². The largest absolute Gasteiger partial charge is 0.456 e. The van der Waals surface area contributed by atoms with Crippen molar-refractivity contribution >= 4 is 43.7 Å². The van der Waals surface area contributed by atoms with Gasteiger partial charge in [-0.2, -0.15) is 5.26 Å². The van der Waals surface area contributed by atoms with Crippen molar-refractivity contribution in [3.05, 3.63) is 132 Å². The topological polar surface area (TPSA) is 54.8 Å². The third kappa shape index (κ3) is 3.51. The Kier molecular flexibility index (Phi) is 5.29. The molecule has 0 amide bonds. The van der Waals surface area contributed by atoms with E-state index >= 15 is 0 Å². The van der Waals surface area contributed by atoms with Crippen LogP contribution >= 0.6 is 0 Å². The van der Waals surface area contributed by atoms with Gasteiger partial charge in [-0.3, -0.25) is 4.98 Å². The van der Waals surface area contributed by atoms with Crippen LogP contribution in [0.2, 0.25) is 0 Å². The maximum atomic E-state index is 9.65. The van der Waals surface area contributed by atoms with E-state index in [-0.39, 0.29) is 0 Å². The molecule has 42 heavy (non-hydrogen) atoms. The summed E-state index contributed by atoms with van der Waals surface area (Å²) in [6.45, 7) is 4.38. The number of rotatable bonds is 3. The number of hydrogen-bond acceptors (Lipinski definition) is 3. The zero-order valence-corrected chi connectivity index (χ0v) is 23.2. The SMILES string of the molecule is Cc1c(-c2ccc3oc4ccccc4c3c2)cc(-n2c3ccccc3c3cc(C#N)ccc32)c(C)c1-c1ccccn1. The van der Waals surface area contributed by atoms with Crippen LogP contribution < -0.4 is 0 Å². The molecule has 0 atom stereocenters. The van der Waals surface area contributed by atoms with E-state index in [1.54, 1.807) is 0 Å². The van der Waals surface area contributed by atoms with Gasteiger partial charge in [0.05, 0.1) is 34.0 Å². The molecule has 4 nitrogen and oxygen atoms in total. The molecule has 0 bridgehead atoms. The minimum atomic E-state index is 0.654. The summed E-state index contributed by atoms with van der Waals surface area (Å²) >= 11 is 0. The molecule has 0 saturated carbocycles. The molecule has 0 N–H and O–H groups in total. The van der Waals surface area contributed by atoms with Crippen LogP contribution in [0.25, 0.3) is 71.8 Å². The van der Waals surface area contributed by atoms with Gasteiger partial charge >= 0.3 is 0 Å². The molecule has 0 aliphatic heterocycles. The van der Waals surface area contributed by atoms with Gasteiger partial charge in [-0.25, -0.2) is 0 Å². The summed E-state index contributed by atoms with van der Waals surface area (Å²) in [5.74, 6) is 0. The van der Waals surface area contributed by atoms with Crippen LogP contribution in [0.3, 0.4) is 0 Å². The third-order valence-corrected chi connectivity index (χ3v) is 8.47. The smallest absolute Gasteiger partial charge is 0.135 e. The van der Waals surface area contributed by atoms with Crippen LogP contribution in [0.4, 0.5) is 0 Å². The number of pyridine rings is 1. The molecular weight excluding hydrogens is 514 g/mol. The van der Waals surface area contributed by atoms with E-state index in [1.165, 1.54) is 5.56 Å². The molecule has 8 aromatic rings. The van der Waals surface area contributed by atoms with Crippen LogP contribution in [0.5, 0.6) is 0 Å². The van der Waals surface area contributed by atoms with Crippen molar-refractivity contribution in [2.24, 2.45) is 0 Å². The second-order valence-corrected chi connectivity index (χ2v) is 10.8. The number of fused-ring (bicyclic) bond motifs is 6. The quantitative estimate of drug-likeness (QED) is 0.224. The van der Waals surface area contributed by atoms with Gasteiger partial charge in [0.15, 0.2) is 0 Å². The molecule has 3 aromatic heterocycles. The first-order valence-corrected chi connectivity index (χ1v) is 14.0. The van der Waals surface area contributed by atoms with E-state index < -0.39 is 0 Å². The minimum Gasteiger partial charge on any atom is -0.456 e. The molecule has 0 fully saturated rings. The van der Waals surface area contributed by atoms with Crippen molar-refractivity contribution in [3.63, 3.8) is 0 Å². The summed E-state index contributed by atoms with van der Waals surface area (Å²) in [6, 6.07) is 39.8. The maximum Gasteiger partial charge on any atom is 0.135 e. The highest BCUT2D eigenvalue weighted by Crippen LogP contribution is 2.42. The Bertz CT molecular complexity index is 2390. The van der Waals surface area contributed by atoms with Gasteiger partial charge in [0.2, 0.25) is 0 Å². The number of nitrogens with zero attached hydrogens (tertiary/aromatic N) is 3. The van der Waals surface area contributed by atoms with E-state index in [9.17, 15) is 5.26 Å². The fourth-order valence-electron chi connectivity index (χ4n) is 6.52. The first-order chi connectivity index (χ1) is 20.6. The Balaban J connectivity index is 1.48. The number of aromatic nitrogens is 2. The second-order valence-electron chi connectivity index (χ2n) is 10.8. The van der Waals surface area contributed by atoms with Crippen LogP contribution in [0.15, 0.2) is 120 Å². The average molecular weight is 540 g/mol. The van der Waals surface area contributed by atoms with Crippen molar-refractivity contribution in [3.8, 4) is 34.1 Å². The Morgan fingerprint density at radius 3 is 2.26 bits per heavy atom. The Hall–Kier alpha value is -5.66. The number of furan rings is 1. The van der Waals surface area contributed by atoms with Gasteiger partial charge in [-0.1, -0.05) is 48.5 Å². The number of para-hydroxylation sites is 2. The molecule has 5 aromatic carbocycles. The molecule has 198 valence electrons. The van der Waals surface area contributed by atoms with Crippen molar-refractivity contribution < 1.29 is 4.42 Å². The van der Waals surface area contributed by atoms with E-state index in [1.807, 2.05) is 42.6 Å². The second kappa shape index (κ2) is 9.19. The van der Waals surface area contributed by atoms with E-state index in [0.717, 1.165) is 77.4 Å². The predicted octanol–water partition coefficient (Wildman–Crippen LogP) is 9.90. The molecular formula is C38H25N3O. The normalized spacial score (nSPS) is 11.5. The highest BCUT2D eigenvalue weighted by atomic mass is 16.3. The lowest BCUT2D eigenvalue weighted by Crippen LogP contribution is -2.03. The van der Waals surface area contributed by atoms with Gasteiger partial charge in [-0.05, 0) is 96.8 Å². The summed E-state index contributed by atoms with van der Waals surface area (Å²) in [7, 11) is 0. The van der Waals surface area contributed by atoms with E-state index in [4.69, 9.17) is 9.40 Å². The molecule has 8 rings (SSSR count). The number of benzene rings is 5. The van der Waals surface area contributed by atoms with Crippen molar-refractivity contribution in [2.45, 2.75) is 13.8 Å². The fraction of sp³-hybridized carbons (Fsp3) is 0.0526. The zero-order valence-electron chi connectivity index (χ0n) is 23.2. The van der Waals surface area contributed by atoms with Crippen LogP contribution in [-0.2, 0) is 0 Å².